The molecule has 0 fully saturated rings. The number of aromatic nitrogens is 2. The number of benzene rings is 1. The number of hydrogen-bond acceptors (Lipinski definition) is 4. The summed E-state index contributed by atoms with van der Waals surface area (Å²) in [5.41, 5.74) is -0.0571. The van der Waals surface area contributed by atoms with Crippen molar-refractivity contribution in [2.75, 3.05) is 7.11 Å². The normalized spacial score (nSPS) is 10.1. The largest absolute Gasteiger partial charge is 0.465 e. The second-order valence-corrected chi connectivity index (χ2v) is 3.52. The first-order valence-corrected chi connectivity index (χ1v) is 5.12. The SMILES string of the molecule is COC(=O)c1ccc(-n2ccc(=O)[nH]c2=O)cc1. The van der Waals surface area contributed by atoms with Gasteiger partial charge in [0, 0.05) is 12.3 Å². The Kier molecular flexibility index (Phi) is 3.09. The number of nitrogens with one attached hydrogen (secondary N) is 1. The lowest BCUT2D eigenvalue weighted by Crippen LogP contribution is -2.27. The quantitative estimate of drug-likeness (QED) is 0.773. The van der Waals surface area contributed by atoms with E-state index in [0.29, 0.717) is 11.3 Å². The summed E-state index contributed by atoms with van der Waals surface area (Å²) in [6.45, 7) is 0. The molecule has 2 rings (SSSR count). The molecular formula is C12H10N2O4. The summed E-state index contributed by atoms with van der Waals surface area (Å²) in [5.74, 6) is -0.449. The summed E-state index contributed by atoms with van der Waals surface area (Å²) in [6.07, 6.45) is 1.37. The van der Waals surface area contributed by atoms with Gasteiger partial charge in [-0.05, 0) is 24.3 Å². The van der Waals surface area contributed by atoms with E-state index in [1.54, 1.807) is 24.3 Å². The maximum atomic E-state index is 11.5. The van der Waals surface area contributed by atoms with Crippen molar-refractivity contribution in [3.8, 4) is 5.69 Å². The Morgan fingerprint density at radius 2 is 1.83 bits per heavy atom. The minimum atomic E-state index is -0.534. The van der Waals surface area contributed by atoms with Crippen LogP contribution in [0.3, 0.4) is 0 Å². The summed E-state index contributed by atoms with van der Waals surface area (Å²) in [5, 5.41) is 0. The number of H-pyrrole nitrogens is 1. The van der Waals surface area contributed by atoms with Crippen molar-refractivity contribution in [3.63, 3.8) is 0 Å². The number of nitrogens with zero attached hydrogens (tertiary/aromatic N) is 1. The molecule has 6 heteroatoms. The maximum Gasteiger partial charge on any atom is 0.337 e. The lowest BCUT2D eigenvalue weighted by Gasteiger charge is -2.05. The van der Waals surface area contributed by atoms with Gasteiger partial charge in [-0.2, -0.15) is 0 Å². The molecule has 0 amide bonds. The molecule has 1 aromatic heterocycles. The van der Waals surface area contributed by atoms with Gasteiger partial charge in [0.25, 0.3) is 5.56 Å². The number of methoxy groups -OCH3 is 1. The summed E-state index contributed by atoms with van der Waals surface area (Å²) in [4.78, 5) is 35.8. The summed E-state index contributed by atoms with van der Waals surface area (Å²) in [7, 11) is 1.29. The number of ether oxygens (including phenoxy) is 1. The van der Waals surface area contributed by atoms with Gasteiger partial charge in [0.2, 0.25) is 0 Å². The Bertz CT molecular complexity index is 682. The smallest absolute Gasteiger partial charge is 0.337 e. The molecule has 0 saturated heterocycles. The molecule has 92 valence electrons. The Balaban J connectivity index is 2.43. The van der Waals surface area contributed by atoms with Gasteiger partial charge in [-0.15, -0.1) is 0 Å². The zero-order valence-corrected chi connectivity index (χ0v) is 9.54. The summed E-state index contributed by atoms with van der Waals surface area (Å²) >= 11 is 0. The van der Waals surface area contributed by atoms with Crippen LogP contribution >= 0.6 is 0 Å². The van der Waals surface area contributed by atoms with Crippen molar-refractivity contribution in [2.24, 2.45) is 0 Å². The average molecular weight is 246 g/mol. The van der Waals surface area contributed by atoms with Crippen LogP contribution in [-0.2, 0) is 4.74 Å². The van der Waals surface area contributed by atoms with Gasteiger partial charge in [-0.1, -0.05) is 0 Å². The van der Waals surface area contributed by atoms with Crippen molar-refractivity contribution >= 4 is 5.97 Å². The molecule has 0 bridgehead atoms. The molecule has 0 radical (unpaired) electrons. The molecule has 0 aliphatic heterocycles. The third-order valence-corrected chi connectivity index (χ3v) is 2.39. The first-order valence-electron chi connectivity index (χ1n) is 5.12. The van der Waals surface area contributed by atoms with Crippen molar-refractivity contribution in [1.29, 1.82) is 0 Å². The minimum Gasteiger partial charge on any atom is -0.465 e. The van der Waals surface area contributed by atoms with E-state index in [1.807, 2.05) is 0 Å². The number of carbonyl (C=O) groups excluding carboxylic acids is 1. The van der Waals surface area contributed by atoms with E-state index in [2.05, 4.69) is 9.72 Å². The van der Waals surface area contributed by atoms with E-state index in [9.17, 15) is 14.4 Å². The first kappa shape index (κ1) is 11.8. The Labute approximate surface area is 101 Å². The van der Waals surface area contributed by atoms with E-state index in [0.717, 1.165) is 0 Å². The number of aromatic amines is 1. The van der Waals surface area contributed by atoms with Crippen LogP contribution in [0.5, 0.6) is 0 Å². The molecule has 6 nitrogen and oxygen atoms in total. The van der Waals surface area contributed by atoms with Crippen LogP contribution in [0.1, 0.15) is 10.4 Å². The third kappa shape index (κ3) is 2.22. The van der Waals surface area contributed by atoms with Gasteiger partial charge in [-0.25, -0.2) is 9.59 Å². The molecule has 1 N–H and O–H groups in total. The molecule has 18 heavy (non-hydrogen) atoms. The van der Waals surface area contributed by atoms with Crippen LogP contribution < -0.4 is 11.2 Å². The molecule has 0 aliphatic carbocycles. The number of hydrogen-bond donors (Lipinski definition) is 1. The van der Waals surface area contributed by atoms with Crippen molar-refractivity contribution in [2.45, 2.75) is 0 Å². The zero-order chi connectivity index (χ0) is 13.1. The molecule has 0 atom stereocenters. The number of esters is 1. The van der Waals surface area contributed by atoms with E-state index in [1.165, 1.54) is 23.9 Å². The highest BCUT2D eigenvalue weighted by Crippen LogP contribution is 2.08. The van der Waals surface area contributed by atoms with Gasteiger partial charge >= 0.3 is 11.7 Å². The summed E-state index contributed by atoms with van der Waals surface area (Å²) in [6, 6.07) is 7.50. The molecule has 0 spiro atoms. The second kappa shape index (κ2) is 4.70. The van der Waals surface area contributed by atoms with Crippen molar-refractivity contribution in [1.82, 2.24) is 9.55 Å². The first-order chi connectivity index (χ1) is 8.61. The fourth-order valence-electron chi connectivity index (χ4n) is 1.50. The van der Waals surface area contributed by atoms with Crippen LogP contribution in [0.2, 0.25) is 0 Å². The fourth-order valence-corrected chi connectivity index (χ4v) is 1.50. The number of rotatable bonds is 2. The van der Waals surface area contributed by atoms with Gasteiger partial charge < -0.3 is 4.74 Å². The lowest BCUT2D eigenvalue weighted by atomic mass is 10.2. The zero-order valence-electron chi connectivity index (χ0n) is 9.54. The monoisotopic (exact) mass is 246 g/mol. The molecule has 0 saturated carbocycles. The van der Waals surface area contributed by atoms with Crippen LogP contribution in [-0.4, -0.2) is 22.6 Å². The topological polar surface area (TPSA) is 81.2 Å². The van der Waals surface area contributed by atoms with Crippen LogP contribution in [0.15, 0.2) is 46.1 Å². The van der Waals surface area contributed by atoms with Gasteiger partial charge in [0.1, 0.15) is 0 Å². The highest BCUT2D eigenvalue weighted by molar-refractivity contribution is 5.89. The van der Waals surface area contributed by atoms with Gasteiger partial charge in [0.15, 0.2) is 0 Å². The highest BCUT2D eigenvalue weighted by atomic mass is 16.5. The highest BCUT2D eigenvalue weighted by Gasteiger charge is 2.05. The molecule has 1 heterocycles. The number of carbonyl (C=O) groups is 1. The van der Waals surface area contributed by atoms with E-state index >= 15 is 0 Å². The molecule has 2 aromatic rings. The molecule has 0 aliphatic rings. The predicted molar refractivity (Wildman–Crippen MR) is 64.0 cm³/mol. The van der Waals surface area contributed by atoms with Gasteiger partial charge in [0.05, 0.1) is 18.4 Å². The fraction of sp³-hybridized carbons (Fsp3) is 0.0833. The summed E-state index contributed by atoms with van der Waals surface area (Å²) < 4.78 is 5.83. The van der Waals surface area contributed by atoms with Crippen LogP contribution in [0, 0.1) is 0 Å². The van der Waals surface area contributed by atoms with Crippen molar-refractivity contribution < 1.29 is 9.53 Å². The van der Waals surface area contributed by atoms with Crippen LogP contribution in [0.4, 0.5) is 0 Å². The minimum absolute atomic E-state index is 0.388. The maximum absolute atomic E-state index is 11.5. The lowest BCUT2D eigenvalue weighted by molar-refractivity contribution is 0.0601. The molecule has 1 aromatic carbocycles. The second-order valence-electron chi connectivity index (χ2n) is 3.52. The predicted octanol–water partition coefficient (Wildman–Crippen LogP) is 0.312. The Hall–Kier alpha value is -2.63. The van der Waals surface area contributed by atoms with E-state index < -0.39 is 17.2 Å². The Morgan fingerprint density at radius 1 is 1.17 bits per heavy atom. The average Bonchev–Trinajstić information content (AvgIpc) is 2.38. The molecule has 0 unspecified atom stereocenters. The standard InChI is InChI=1S/C12H10N2O4/c1-18-11(16)8-2-4-9(5-3-8)14-7-6-10(15)13-12(14)17/h2-7H,1H3,(H,13,15,17). The Morgan fingerprint density at radius 3 is 2.39 bits per heavy atom. The van der Waals surface area contributed by atoms with Crippen molar-refractivity contribution in [3.05, 3.63) is 62.9 Å². The van der Waals surface area contributed by atoms with Gasteiger partial charge in [-0.3, -0.25) is 14.3 Å². The third-order valence-electron chi connectivity index (χ3n) is 2.39. The molecular weight excluding hydrogens is 236 g/mol. The van der Waals surface area contributed by atoms with E-state index in [4.69, 9.17) is 0 Å². The van der Waals surface area contributed by atoms with Crippen LogP contribution in [0.25, 0.3) is 5.69 Å². The van der Waals surface area contributed by atoms with E-state index in [-0.39, 0.29) is 0 Å².